The van der Waals surface area contributed by atoms with Gasteiger partial charge in [-0.2, -0.15) is 0 Å². The third kappa shape index (κ3) is 6.18. The second kappa shape index (κ2) is 11.4. The van der Waals surface area contributed by atoms with Crippen LogP contribution in [0.1, 0.15) is 57.4 Å². The SMILES string of the molecule is CNC1CCC(CC(=O)Nc2cc(-c3ccccc3)c(-c3ccc(C4(NC(=O)O)CC(C)(O)C4)cc3)cn2)CC1. The van der Waals surface area contributed by atoms with Gasteiger partial charge in [-0.3, -0.25) is 4.79 Å². The molecule has 8 nitrogen and oxygen atoms in total. The first-order valence-corrected chi connectivity index (χ1v) is 14.0. The minimum atomic E-state index is -1.11. The largest absolute Gasteiger partial charge is 0.465 e. The third-order valence-electron chi connectivity index (χ3n) is 8.45. The summed E-state index contributed by atoms with van der Waals surface area (Å²) in [5.41, 5.74) is 2.87. The van der Waals surface area contributed by atoms with Gasteiger partial charge in [-0.05, 0) is 73.9 Å². The van der Waals surface area contributed by atoms with Crippen molar-refractivity contribution in [3.63, 3.8) is 0 Å². The van der Waals surface area contributed by atoms with E-state index in [9.17, 15) is 19.8 Å². The number of nitrogens with one attached hydrogen (secondary N) is 3. The van der Waals surface area contributed by atoms with Gasteiger partial charge in [0.05, 0.1) is 11.1 Å². The number of carbonyl (C=O) groups is 2. The highest BCUT2D eigenvalue weighted by atomic mass is 16.4. The van der Waals surface area contributed by atoms with Crippen LogP contribution in [0.3, 0.4) is 0 Å². The zero-order valence-electron chi connectivity index (χ0n) is 23.1. The molecule has 2 fully saturated rings. The lowest BCUT2D eigenvalue weighted by Gasteiger charge is -2.51. The Kier molecular flexibility index (Phi) is 7.92. The summed E-state index contributed by atoms with van der Waals surface area (Å²) < 4.78 is 0. The van der Waals surface area contributed by atoms with Crippen LogP contribution in [0.25, 0.3) is 22.3 Å². The molecule has 1 heterocycles. The van der Waals surface area contributed by atoms with Crippen LogP contribution < -0.4 is 16.0 Å². The Morgan fingerprint density at radius 3 is 2.20 bits per heavy atom. The Bertz CT molecular complexity index is 1340. The van der Waals surface area contributed by atoms with Crippen LogP contribution in [0.2, 0.25) is 0 Å². The molecule has 0 aliphatic heterocycles. The number of carboxylic acid groups (broad SMARTS) is 1. The number of rotatable bonds is 8. The van der Waals surface area contributed by atoms with Crippen molar-refractivity contribution >= 4 is 17.8 Å². The van der Waals surface area contributed by atoms with Crippen molar-refractivity contribution in [2.45, 2.75) is 69.1 Å². The highest BCUT2D eigenvalue weighted by molar-refractivity contribution is 5.92. The summed E-state index contributed by atoms with van der Waals surface area (Å²) in [6.07, 6.45) is 6.11. The fourth-order valence-corrected chi connectivity index (χ4v) is 6.51. The number of hydrogen-bond donors (Lipinski definition) is 5. The lowest BCUT2D eigenvalue weighted by Crippen LogP contribution is -2.61. The number of anilines is 1. The number of pyridine rings is 1. The summed E-state index contributed by atoms with van der Waals surface area (Å²) >= 11 is 0. The molecule has 5 N–H and O–H groups in total. The number of hydrogen-bond acceptors (Lipinski definition) is 5. The molecule has 40 heavy (non-hydrogen) atoms. The molecule has 5 rings (SSSR count). The minimum absolute atomic E-state index is 0.0101. The molecular weight excluding hydrogens is 504 g/mol. The van der Waals surface area contributed by atoms with Gasteiger partial charge >= 0.3 is 6.09 Å². The van der Waals surface area contributed by atoms with E-state index in [1.165, 1.54) is 0 Å². The molecule has 0 bridgehead atoms. The van der Waals surface area contributed by atoms with Crippen molar-refractivity contribution < 1.29 is 19.8 Å². The molecule has 3 aromatic rings. The molecule has 0 saturated heterocycles. The average Bonchev–Trinajstić information content (AvgIpc) is 2.92. The van der Waals surface area contributed by atoms with Gasteiger partial charge in [-0.1, -0.05) is 54.6 Å². The van der Waals surface area contributed by atoms with Crippen LogP contribution in [-0.2, 0) is 10.3 Å². The van der Waals surface area contributed by atoms with Gasteiger partial charge in [-0.25, -0.2) is 9.78 Å². The second-order valence-electron chi connectivity index (χ2n) is 11.7. The first kappa shape index (κ1) is 27.8. The van der Waals surface area contributed by atoms with E-state index in [0.29, 0.717) is 37.0 Å². The first-order valence-electron chi connectivity index (χ1n) is 14.0. The van der Waals surface area contributed by atoms with Crippen LogP contribution in [0.15, 0.2) is 66.9 Å². The van der Waals surface area contributed by atoms with Gasteiger partial charge in [0.25, 0.3) is 0 Å². The van der Waals surface area contributed by atoms with E-state index in [1.54, 1.807) is 13.1 Å². The van der Waals surface area contributed by atoms with Crippen molar-refractivity contribution in [1.29, 1.82) is 0 Å². The predicted octanol–water partition coefficient (Wildman–Crippen LogP) is 5.53. The summed E-state index contributed by atoms with van der Waals surface area (Å²) in [5, 5.41) is 28.7. The van der Waals surface area contributed by atoms with Gasteiger partial charge in [0.1, 0.15) is 5.82 Å². The van der Waals surface area contributed by atoms with Crippen LogP contribution in [0.4, 0.5) is 10.6 Å². The normalized spacial score (nSPS) is 26.0. The summed E-state index contributed by atoms with van der Waals surface area (Å²) in [6.45, 7) is 1.72. The van der Waals surface area contributed by atoms with E-state index in [-0.39, 0.29) is 5.91 Å². The zero-order valence-corrected chi connectivity index (χ0v) is 23.1. The van der Waals surface area contributed by atoms with E-state index in [2.05, 4.69) is 20.9 Å². The molecule has 1 aromatic heterocycles. The van der Waals surface area contributed by atoms with E-state index in [4.69, 9.17) is 0 Å². The number of amides is 2. The van der Waals surface area contributed by atoms with E-state index < -0.39 is 17.2 Å². The fraction of sp³-hybridized carbons (Fsp3) is 0.406. The molecular formula is C32H38N4O4. The number of aliphatic hydroxyl groups is 1. The van der Waals surface area contributed by atoms with Gasteiger partial charge in [0.15, 0.2) is 0 Å². The summed E-state index contributed by atoms with van der Waals surface area (Å²) in [6, 6.07) is 20.2. The minimum Gasteiger partial charge on any atom is -0.465 e. The molecule has 0 radical (unpaired) electrons. The highest BCUT2D eigenvalue weighted by Crippen LogP contribution is 2.48. The van der Waals surface area contributed by atoms with Crippen LogP contribution in [0, 0.1) is 5.92 Å². The predicted molar refractivity (Wildman–Crippen MR) is 156 cm³/mol. The summed E-state index contributed by atoms with van der Waals surface area (Å²) in [4.78, 5) is 29.0. The standard InChI is InChI=1S/C32H38N4O4/c1-31(40)19-32(20-31,36-30(38)39)24-12-10-23(11-13-24)27-18-34-28(17-26(27)22-6-4-3-5-7-22)35-29(37)16-21-8-14-25(33-2)15-9-21/h3-7,10-13,17-18,21,25,33,36,40H,8-9,14-16,19-20H2,1-2H3,(H,38,39)(H,34,35,37). The van der Waals surface area contributed by atoms with E-state index >= 15 is 0 Å². The molecule has 2 amide bonds. The lowest BCUT2D eigenvalue weighted by atomic mass is 9.62. The molecule has 2 aliphatic carbocycles. The van der Waals surface area contributed by atoms with E-state index in [1.807, 2.05) is 67.7 Å². The number of carbonyl (C=O) groups excluding carboxylic acids is 1. The molecule has 210 valence electrons. The maximum atomic E-state index is 12.9. The fourth-order valence-electron chi connectivity index (χ4n) is 6.51. The third-order valence-corrected chi connectivity index (χ3v) is 8.45. The van der Waals surface area contributed by atoms with Crippen molar-refractivity contribution in [3.8, 4) is 22.3 Å². The van der Waals surface area contributed by atoms with Crippen LogP contribution >= 0.6 is 0 Å². The maximum absolute atomic E-state index is 12.9. The van der Waals surface area contributed by atoms with Crippen molar-refractivity contribution in [1.82, 2.24) is 15.6 Å². The zero-order chi connectivity index (χ0) is 28.3. The Hall–Kier alpha value is -3.75. The molecule has 0 unspecified atom stereocenters. The Balaban J connectivity index is 1.37. The van der Waals surface area contributed by atoms with Crippen molar-refractivity contribution in [2.24, 2.45) is 5.92 Å². The van der Waals surface area contributed by atoms with Gasteiger partial charge in [0, 0.05) is 37.1 Å². The monoisotopic (exact) mass is 542 g/mol. The van der Waals surface area contributed by atoms with Gasteiger partial charge in [0.2, 0.25) is 5.91 Å². The van der Waals surface area contributed by atoms with Gasteiger partial charge in [-0.15, -0.1) is 0 Å². The van der Waals surface area contributed by atoms with Crippen LogP contribution in [-0.4, -0.2) is 45.9 Å². The lowest BCUT2D eigenvalue weighted by molar-refractivity contribution is -0.117. The Morgan fingerprint density at radius 1 is 0.950 bits per heavy atom. The average molecular weight is 543 g/mol. The molecule has 2 aromatic carbocycles. The smallest absolute Gasteiger partial charge is 0.405 e. The number of aromatic nitrogens is 1. The molecule has 0 spiro atoms. The summed E-state index contributed by atoms with van der Waals surface area (Å²) in [7, 11) is 2.00. The molecule has 2 aliphatic rings. The Labute approximate surface area is 235 Å². The van der Waals surface area contributed by atoms with E-state index in [0.717, 1.165) is 53.5 Å². The second-order valence-corrected chi connectivity index (χ2v) is 11.7. The number of nitrogens with zero attached hydrogens (tertiary/aromatic N) is 1. The molecule has 8 heteroatoms. The first-order chi connectivity index (χ1) is 19.2. The topological polar surface area (TPSA) is 124 Å². The van der Waals surface area contributed by atoms with Crippen molar-refractivity contribution in [3.05, 3.63) is 72.4 Å². The quantitative estimate of drug-likeness (QED) is 0.255. The van der Waals surface area contributed by atoms with Crippen molar-refractivity contribution in [2.75, 3.05) is 12.4 Å². The van der Waals surface area contributed by atoms with Crippen LogP contribution in [0.5, 0.6) is 0 Å². The molecule has 2 saturated carbocycles. The highest BCUT2D eigenvalue weighted by Gasteiger charge is 2.53. The summed E-state index contributed by atoms with van der Waals surface area (Å²) in [5.74, 6) is 0.910. The van der Waals surface area contributed by atoms with Gasteiger partial charge < -0.3 is 26.2 Å². The Morgan fingerprint density at radius 2 is 1.60 bits per heavy atom. The molecule has 0 atom stereocenters. The maximum Gasteiger partial charge on any atom is 0.405 e. The number of benzene rings is 2.